The first-order valence-electron chi connectivity index (χ1n) is 3.11. The van der Waals surface area contributed by atoms with E-state index in [1.807, 2.05) is 0 Å². The number of hydrogen-bond donors (Lipinski definition) is 0. The summed E-state index contributed by atoms with van der Waals surface area (Å²) < 4.78 is 15.5. The lowest BCUT2D eigenvalue weighted by Crippen LogP contribution is -2.43. The maximum Gasteiger partial charge on any atom is 0.502 e. The van der Waals surface area contributed by atoms with Crippen LogP contribution in [0.5, 0.6) is 0 Å². The van der Waals surface area contributed by atoms with Crippen LogP contribution in [0.15, 0.2) is 0 Å². The molecule has 11 heavy (non-hydrogen) atoms. The second kappa shape index (κ2) is 6.39. The topological polar surface area (TPSA) is 27.7 Å². The van der Waals surface area contributed by atoms with Crippen LogP contribution < -0.4 is 0 Å². The third-order valence-corrected chi connectivity index (χ3v) is 5.41. The smallest absolute Gasteiger partial charge is 0.377 e. The molecule has 0 aromatic heterocycles. The molecule has 0 spiro atoms. The molecule has 0 aliphatic rings. The highest BCUT2D eigenvalue weighted by Gasteiger charge is 2.37. The van der Waals surface area contributed by atoms with Crippen molar-refractivity contribution in [3.63, 3.8) is 0 Å². The zero-order chi connectivity index (χ0) is 8.74. The Balaban J connectivity index is 3.96. The molecule has 0 aromatic rings. The van der Waals surface area contributed by atoms with Crippen LogP contribution in [-0.2, 0) is 13.3 Å². The fourth-order valence-corrected chi connectivity index (χ4v) is 3.98. The lowest BCUT2D eigenvalue weighted by atomic mass is 11.0. The molecule has 0 aliphatic carbocycles. The van der Waals surface area contributed by atoms with E-state index in [4.69, 9.17) is 24.9 Å². The first-order valence-corrected chi connectivity index (χ1v) is 6.69. The quantitative estimate of drug-likeness (QED) is 0.540. The van der Waals surface area contributed by atoms with E-state index in [1.165, 1.54) is 0 Å². The summed E-state index contributed by atoms with van der Waals surface area (Å²) in [6.45, 7) is 0. The first-order chi connectivity index (χ1) is 5.24. The van der Waals surface area contributed by atoms with Gasteiger partial charge in [-0.25, -0.2) is 0 Å². The van der Waals surface area contributed by atoms with Crippen molar-refractivity contribution in [1.29, 1.82) is 0 Å². The van der Waals surface area contributed by atoms with E-state index in [0.717, 1.165) is 11.4 Å². The molecule has 0 saturated heterocycles. The van der Waals surface area contributed by atoms with Gasteiger partial charge in [-0.3, -0.25) is 0 Å². The Morgan fingerprint density at radius 2 is 1.91 bits per heavy atom. The molecule has 0 saturated carbocycles. The SMILES string of the molecule is CO[Si](CCBr)(OC)OCCl. The molecule has 3 nitrogen and oxygen atoms in total. The average Bonchev–Trinajstić information content (AvgIpc) is 2.04. The number of hydrogen-bond acceptors (Lipinski definition) is 3. The highest BCUT2D eigenvalue weighted by molar-refractivity contribution is 9.09. The maximum atomic E-state index is 5.42. The van der Waals surface area contributed by atoms with E-state index < -0.39 is 8.80 Å². The summed E-state index contributed by atoms with van der Waals surface area (Å²) in [4.78, 5) is 0. The summed E-state index contributed by atoms with van der Waals surface area (Å²) in [5.74, 6) is 0. The Hall–Kier alpha value is 0.867. The molecule has 0 heterocycles. The summed E-state index contributed by atoms with van der Waals surface area (Å²) in [6.07, 6.45) is 0. The molecule has 0 rings (SSSR count). The van der Waals surface area contributed by atoms with Crippen molar-refractivity contribution < 1.29 is 13.3 Å². The van der Waals surface area contributed by atoms with Gasteiger partial charge in [0.15, 0.2) is 0 Å². The van der Waals surface area contributed by atoms with Crippen molar-refractivity contribution in [1.82, 2.24) is 0 Å². The minimum Gasteiger partial charge on any atom is -0.377 e. The van der Waals surface area contributed by atoms with E-state index in [1.54, 1.807) is 14.2 Å². The molecule has 0 aromatic carbocycles. The molecule has 68 valence electrons. The van der Waals surface area contributed by atoms with E-state index in [-0.39, 0.29) is 6.07 Å². The molecule has 0 amide bonds. The van der Waals surface area contributed by atoms with Gasteiger partial charge in [0.1, 0.15) is 6.07 Å². The molecule has 0 unspecified atom stereocenters. The molecule has 0 N–H and O–H groups in total. The number of halogens is 2. The van der Waals surface area contributed by atoms with Crippen LogP contribution in [0.1, 0.15) is 0 Å². The summed E-state index contributed by atoms with van der Waals surface area (Å²) in [7, 11) is 0.726. The summed E-state index contributed by atoms with van der Waals surface area (Å²) in [6, 6.07) is 0.841. The molecule has 0 radical (unpaired) electrons. The third kappa shape index (κ3) is 3.87. The summed E-state index contributed by atoms with van der Waals surface area (Å²) in [5, 5.41) is 0.789. The lowest BCUT2D eigenvalue weighted by molar-refractivity contribution is 0.118. The predicted molar refractivity (Wildman–Crippen MR) is 50.2 cm³/mol. The van der Waals surface area contributed by atoms with Gasteiger partial charge in [0.05, 0.1) is 0 Å². The van der Waals surface area contributed by atoms with Gasteiger partial charge in [-0.2, -0.15) is 0 Å². The maximum absolute atomic E-state index is 5.42. The molecular weight excluding hydrogens is 251 g/mol. The zero-order valence-electron chi connectivity index (χ0n) is 6.60. The van der Waals surface area contributed by atoms with Crippen LogP contribution in [0.2, 0.25) is 6.04 Å². The molecule has 0 aliphatic heterocycles. The van der Waals surface area contributed by atoms with E-state index in [9.17, 15) is 0 Å². The Morgan fingerprint density at radius 1 is 1.36 bits per heavy atom. The molecule has 0 fully saturated rings. The van der Waals surface area contributed by atoms with Crippen molar-refractivity contribution in [2.45, 2.75) is 6.04 Å². The third-order valence-electron chi connectivity index (χ3n) is 1.30. The standard InChI is InChI=1S/C5H12BrClO3Si/c1-8-11(9-2,4-3-6)10-5-7/h3-5H2,1-2H3. The Labute approximate surface area is 81.5 Å². The van der Waals surface area contributed by atoms with Gasteiger partial charge in [0, 0.05) is 25.6 Å². The van der Waals surface area contributed by atoms with Gasteiger partial charge in [0.25, 0.3) is 0 Å². The van der Waals surface area contributed by atoms with Gasteiger partial charge < -0.3 is 13.3 Å². The Kier molecular flexibility index (Phi) is 6.89. The average molecular weight is 264 g/mol. The summed E-state index contributed by atoms with van der Waals surface area (Å²) >= 11 is 8.70. The van der Waals surface area contributed by atoms with Gasteiger partial charge in [-0.05, 0) is 0 Å². The van der Waals surface area contributed by atoms with E-state index >= 15 is 0 Å². The van der Waals surface area contributed by atoms with Gasteiger partial charge in [-0.1, -0.05) is 27.5 Å². The van der Waals surface area contributed by atoms with Crippen LogP contribution in [0.4, 0.5) is 0 Å². The van der Waals surface area contributed by atoms with Gasteiger partial charge in [0.2, 0.25) is 0 Å². The zero-order valence-corrected chi connectivity index (χ0v) is 9.94. The van der Waals surface area contributed by atoms with Crippen molar-refractivity contribution in [3.8, 4) is 0 Å². The van der Waals surface area contributed by atoms with Crippen LogP contribution in [0.3, 0.4) is 0 Å². The Bertz CT molecular complexity index is 93.7. The molecule has 0 bridgehead atoms. The monoisotopic (exact) mass is 262 g/mol. The van der Waals surface area contributed by atoms with E-state index in [0.29, 0.717) is 0 Å². The van der Waals surface area contributed by atoms with Crippen LogP contribution in [0, 0.1) is 0 Å². The lowest BCUT2D eigenvalue weighted by Gasteiger charge is -2.24. The van der Waals surface area contributed by atoms with Crippen molar-refractivity contribution in [2.24, 2.45) is 0 Å². The first kappa shape index (κ1) is 11.9. The molecular formula is C5H12BrClO3Si. The molecule has 6 heteroatoms. The van der Waals surface area contributed by atoms with Crippen molar-refractivity contribution in [3.05, 3.63) is 0 Å². The van der Waals surface area contributed by atoms with Crippen LogP contribution in [0.25, 0.3) is 0 Å². The number of rotatable bonds is 6. The predicted octanol–water partition coefficient (Wildman–Crippen LogP) is 1.83. The van der Waals surface area contributed by atoms with Crippen LogP contribution >= 0.6 is 27.5 Å². The van der Waals surface area contributed by atoms with Gasteiger partial charge >= 0.3 is 8.80 Å². The van der Waals surface area contributed by atoms with Crippen molar-refractivity contribution >= 4 is 36.3 Å². The second-order valence-corrected chi connectivity index (χ2v) is 5.77. The Morgan fingerprint density at radius 3 is 2.18 bits per heavy atom. The molecule has 0 atom stereocenters. The van der Waals surface area contributed by atoms with Crippen molar-refractivity contribution in [2.75, 3.05) is 25.6 Å². The fourth-order valence-electron chi connectivity index (χ4n) is 0.676. The summed E-state index contributed by atoms with van der Waals surface area (Å²) in [5.41, 5.74) is 0. The van der Waals surface area contributed by atoms with Gasteiger partial charge in [-0.15, -0.1) is 0 Å². The van der Waals surface area contributed by atoms with Crippen LogP contribution in [-0.4, -0.2) is 34.4 Å². The minimum atomic E-state index is -2.42. The minimum absolute atomic E-state index is 0.112. The van der Waals surface area contributed by atoms with E-state index in [2.05, 4.69) is 15.9 Å². The highest BCUT2D eigenvalue weighted by Crippen LogP contribution is 2.15. The fraction of sp³-hybridized carbons (Fsp3) is 1.00. The second-order valence-electron chi connectivity index (χ2n) is 1.78. The largest absolute Gasteiger partial charge is 0.502 e. The number of alkyl halides is 2. The highest BCUT2D eigenvalue weighted by atomic mass is 79.9. The normalized spacial score (nSPS) is 12.0.